The first kappa shape index (κ1) is 16.7. The van der Waals surface area contributed by atoms with Crippen LogP contribution in [0.15, 0.2) is 54.6 Å². The molecule has 23 heavy (non-hydrogen) atoms. The lowest BCUT2D eigenvalue weighted by atomic mass is 10.2. The van der Waals surface area contributed by atoms with Gasteiger partial charge in [0.2, 0.25) is 0 Å². The second-order valence-corrected chi connectivity index (χ2v) is 4.62. The first-order valence-corrected chi connectivity index (χ1v) is 6.85. The number of halogens is 3. The highest BCUT2D eigenvalue weighted by Gasteiger charge is 2.30. The van der Waals surface area contributed by atoms with Gasteiger partial charge in [-0.3, -0.25) is 0 Å². The SMILES string of the molecule is O=C(NCCOc1ccccc1)Nc1cccc(C(F)(F)F)c1. The highest BCUT2D eigenvalue weighted by Crippen LogP contribution is 2.30. The number of amides is 2. The van der Waals surface area contributed by atoms with E-state index in [1.807, 2.05) is 18.2 Å². The Labute approximate surface area is 131 Å². The van der Waals surface area contributed by atoms with Crippen LogP contribution in [0.3, 0.4) is 0 Å². The third-order valence-electron chi connectivity index (χ3n) is 2.85. The number of carbonyl (C=O) groups excluding carboxylic acids is 1. The van der Waals surface area contributed by atoms with Crippen LogP contribution in [0.5, 0.6) is 5.75 Å². The molecule has 0 heterocycles. The maximum Gasteiger partial charge on any atom is 0.416 e. The maximum absolute atomic E-state index is 12.6. The standard InChI is InChI=1S/C16H15F3N2O2/c17-16(18,19)12-5-4-6-13(11-12)21-15(22)20-9-10-23-14-7-2-1-3-8-14/h1-8,11H,9-10H2,(H2,20,21,22). The van der Waals surface area contributed by atoms with Crippen molar-refractivity contribution in [2.45, 2.75) is 6.18 Å². The summed E-state index contributed by atoms with van der Waals surface area (Å²) in [5.74, 6) is 0.674. The summed E-state index contributed by atoms with van der Waals surface area (Å²) < 4.78 is 43.1. The predicted molar refractivity (Wildman–Crippen MR) is 80.4 cm³/mol. The van der Waals surface area contributed by atoms with Crippen molar-refractivity contribution < 1.29 is 22.7 Å². The van der Waals surface area contributed by atoms with E-state index < -0.39 is 17.8 Å². The van der Waals surface area contributed by atoms with Gasteiger partial charge in [-0.1, -0.05) is 24.3 Å². The van der Waals surface area contributed by atoms with Crippen LogP contribution in [0.4, 0.5) is 23.7 Å². The molecule has 0 aliphatic rings. The summed E-state index contributed by atoms with van der Waals surface area (Å²) in [6, 6.07) is 12.9. The molecule has 0 radical (unpaired) electrons. The zero-order valence-electron chi connectivity index (χ0n) is 12.1. The topological polar surface area (TPSA) is 50.4 Å². The lowest BCUT2D eigenvalue weighted by molar-refractivity contribution is -0.137. The minimum absolute atomic E-state index is 0.0707. The summed E-state index contributed by atoms with van der Waals surface area (Å²) >= 11 is 0. The number of urea groups is 1. The first-order chi connectivity index (χ1) is 10.9. The smallest absolute Gasteiger partial charge is 0.416 e. The Bertz CT molecular complexity index is 645. The number of alkyl halides is 3. The molecule has 0 aromatic heterocycles. The summed E-state index contributed by atoms with van der Waals surface area (Å²) in [5, 5.41) is 4.85. The van der Waals surface area contributed by atoms with E-state index in [-0.39, 0.29) is 18.8 Å². The quantitative estimate of drug-likeness (QED) is 0.820. The van der Waals surface area contributed by atoms with E-state index in [2.05, 4.69) is 10.6 Å². The number of carbonyl (C=O) groups is 1. The van der Waals surface area contributed by atoms with Gasteiger partial charge in [-0.15, -0.1) is 0 Å². The number of hydrogen-bond donors (Lipinski definition) is 2. The molecular formula is C16H15F3N2O2. The summed E-state index contributed by atoms with van der Waals surface area (Å²) in [6.07, 6.45) is -4.45. The molecule has 122 valence electrons. The molecule has 2 amide bonds. The lowest BCUT2D eigenvalue weighted by Crippen LogP contribution is -2.32. The highest BCUT2D eigenvalue weighted by molar-refractivity contribution is 5.89. The van der Waals surface area contributed by atoms with Gasteiger partial charge in [-0.05, 0) is 30.3 Å². The maximum atomic E-state index is 12.6. The fourth-order valence-electron chi connectivity index (χ4n) is 1.80. The van der Waals surface area contributed by atoms with Crippen molar-refractivity contribution in [1.29, 1.82) is 0 Å². The molecule has 4 nitrogen and oxygen atoms in total. The van der Waals surface area contributed by atoms with Gasteiger partial charge in [-0.25, -0.2) is 4.79 Å². The van der Waals surface area contributed by atoms with Gasteiger partial charge < -0.3 is 15.4 Å². The Kier molecular flexibility index (Phi) is 5.46. The Balaban J connectivity index is 1.77. The Morgan fingerprint density at radius 2 is 1.78 bits per heavy atom. The van der Waals surface area contributed by atoms with Gasteiger partial charge in [0.05, 0.1) is 12.1 Å². The molecule has 2 aromatic carbocycles. The van der Waals surface area contributed by atoms with Crippen molar-refractivity contribution >= 4 is 11.7 Å². The van der Waals surface area contributed by atoms with Crippen LogP contribution < -0.4 is 15.4 Å². The highest BCUT2D eigenvalue weighted by atomic mass is 19.4. The Morgan fingerprint density at radius 3 is 2.48 bits per heavy atom. The molecule has 2 N–H and O–H groups in total. The van der Waals surface area contributed by atoms with Gasteiger partial charge in [-0.2, -0.15) is 13.2 Å². The van der Waals surface area contributed by atoms with Crippen LogP contribution in [-0.2, 0) is 6.18 Å². The van der Waals surface area contributed by atoms with E-state index in [0.717, 1.165) is 12.1 Å². The van der Waals surface area contributed by atoms with Gasteiger partial charge in [0.15, 0.2) is 0 Å². The molecule has 0 aliphatic heterocycles. The van der Waals surface area contributed by atoms with Gasteiger partial charge in [0.25, 0.3) is 0 Å². The van der Waals surface area contributed by atoms with Crippen molar-refractivity contribution in [3.63, 3.8) is 0 Å². The number of nitrogens with one attached hydrogen (secondary N) is 2. The number of ether oxygens (including phenoxy) is 1. The molecule has 0 atom stereocenters. The summed E-state index contributed by atoms with van der Waals surface area (Å²) in [5.41, 5.74) is -0.746. The molecule has 0 saturated heterocycles. The first-order valence-electron chi connectivity index (χ1n) is 6.85. The van der Waals surface area contributed by atoms with E-state index in [1.54, 1.807) is 12.1 Å². The number of benzene rings is 2. The van der Waals surface area contributed by atoms with Crippen LogP contribution in [0, 0.1) is 0 Å². The second kappa shape index (κ2) is 7.53. The molecule has 0 bridgehead atoms. The third kappa shape index (κ3) is 5.54. The number of anilines is 1. The van der Waals surface area contributed by atoms with E-state index in [4.69, 9.17) is 4.74 Å². The molecule has 7 heteroatoms. The largest absolute Gasteiger partial charge is 0.492 e. The van der Waals surface area contributed by atoms with Crippen molar-refractivity contribution in [3.8, 4) is 5.75 Å². The summed E-state index contributed by atoms with van der Waals surface area (Å²) in [7, 11) is 0. The van der Waals surface area contributed by atoms with Crippen LogP contribution in [0.25, 0.3) is 0 Å². The third-order valence-corrected chi connectivity index (χ3v) is 2.85. The number of rotatable bonds is 5. The molecule has 0 fully saturated rings. The Morgan fingerprint density at radius 1 is 1.04 bits per heavy atom. The predicted octanol–water partition coefficient (Wildman–Crippen LogP) is 3.91. The Hall–Kier alpha value is -2.70. The average molecular weight is 324 g/mol. The van der Waals surface area contributed by atoms with Crippen molar-refractivity contribution in [1.82, 2.24) is 5.32 Å². The number of hydrogen-bond acceptors (Lipinski definition) is 2. The molecule has 2 aromatic rings. The van der Waals surface area contributed by atoms with Gasteiger partial charge in [0.1, 0.15) is 12.4 Å². The van der Waals surface area contributed by atoms with Gasteiger partial charge in [0, 0.05) is 5.69 Å². The van der Waals surface area contributed by atoms with E-state index >= 15 is 0 Å². The van der Waals surface area contributed by atoms with E-state index in [9.17, 15) is 18.0 Å². The minimum Gasteiger partial charge on any atom is -0.492 e. The number of para-hydroxylation sites is 1. The van der Waals surface area contributed by atoms with E-state index in [0.29, 0.717) is 5.75 Å². The van der Waals surface area contributed by atoms with Crippen molar-refractivity contribution in [2.24, 2.45) is 0 Å². The zero-order chi connectivity index (χ0) is 16.7. The zero-order valence-corrected chi connectivity index (χ0v) is 12.1. The van der Waals surface area contributed by atoms with Gasteiger partial charge >= 0.3 is 12.2 Å². The lowest BCUT2D eigenvalue weighted by Gasteiger charge is -2.11. The van der Waals surface area contributed by atoms with Crippen LogP contribution in [-0.4, -0.2) is 19.2 Å². The minimum atomic E-state index is -4.45. The second-order valence-electron chi connectivity index (χ2n) is 4.62. The van der Waals surface area contributed by atoms with Crippen LogP contribution >= 0.6 is 0 Å². The monoisotopic (exact) mass is 324 g/mol. The molecule has 2 rings (SSSR count). The van der Waals surface area contributed by atoms with Crippen LogP contribution in [0.1, 0.15) is 5.56 Å². The molecule has 0 spiro atoms. The molecular weight excluding hydrogens is 309 g/mol. The summed E-state index contributed by atoms with van der Waals surface area (Å²) in [6.45, 7) is 0.472. The average Bonchev–Trinajstić information content (AvgIpc) is 2.52. The fraction of sp³-hybridized carbons (Fsp3) is 0.188. The fourth-order valence-corrected chi connectivity index (χ4v) is 1.80. The van der Waals surface area contributed by atoms with E-state index in [1.165, 1.54) is 12.1 Å². The molecule has 0 saturated carbocycles. The van der Waals surface area contributed by atoms with Crippen LogP contribution in [0.2, 0.25) is 0 Å². The van der Waals surface area contributed by atoms with Crippen molar-refractivity contribution in [3.05, 3.63) is 60.2 Å². The molecule has 0 unspecified atom stereocenters. The molecule has 0 aliphatic carbocycles. The van der Waals surface area contributed by atoms with Crippen molar-refractivity contribution in [2.75, 3.05) is 18.5 Å². The summed E-state index contributed by atoms with van der Waals surface area (Å²) in [4.78, 5) is 11.6. The normalized spacial score (nSPS) is 10.9.